The van der Waals surface area contributed by atoms with E-state index in [1.165, 1.54) is 25.0 Å². The zero-order valence-corrected chi connectivity index (χ0v) is 11.7. The van der Waals surface area contributed by atoms with Gasteiger partial charge in [0.2, 0.25) is 0 Å². The molecule has 0 aliphatic rings. The molecule has 0 amide bonds. The lowest BCUT2D eigenvalue weighted by molar-refractivity contribution is 0.188. The fourth-order valence-corrected chi connectivity index (χ4v) is 1.96. The van der Waals surface area contributed by atoms with E-state index in [-0.39, 0.29) is 18.4 Å². The van der Waals surface area contributed by atoms with Crippen molar-refractivity contribution in [2.45, 2.75) is 58.6 Å². The van der Waals surface area contributed by atoms with Crippen LogP contribution in [0.3, 0.4) is 0 Å². The van der Waals surface area contributed by atoms with Crippen LogP contribution in [-0.4, -0.2) is 6.10 Å². The second kappa shape index (κ2) is 8.10. The van der Waals surface area contributed by atoms with E-state index in [1.54, 1.807) is 0 Å². The highest BCUT2D eigenvalue weighted by atomic mass is 19.1. The molecule has 4 heteroatoms. The standard InChI is InChI=1S/C15H23F2NO/c1-3-4-5-6-7-11(2)19-15-13(16)8-12(10-18)9-14(15)17/h8-9,11H,3-7,10,18H2,1-2H3. The largest absolute Gasteiger partial charge is 0.485 e. The summed E-state index contributed by atoms with van der Waals surface area (Å²) in [5.41, 5.74) is 5.79. The molecule has 0 aromatic heterocycles. The van der Waals surface area contributed by atoms with Gasteiger partial charge >= 0.3 is 0 Å². The Bertz CT molecular complexity index is 373. The van der Waals surface area contributed by atoms with Crippen molar-refractivity contribution >= 4 is 0 Å². The quantitative estimate of drug-likeness (QED) is 0.720. The van der Waals surface area contributed by atoms with Gasteiger partial charge in [-0.1, -0.05) is 26.2 Å². The summed E-state index contributed by atoms with van der Waals surface area (Å²) in [5.74, 6) is -1.65. The lowest BCUT2D eigenvalue weighted by Gasteiger charge is -2.16. The van der Waals surface area contributed by atoms with Gasteiger partial charge in [-0.2, -0.15) is 0 Å². The fourth-order valence-electron chi connectivity index (χ4n) is 1.96. The van der Waals surface area contributed by atoms with Crippen LogP contribution in [0.4, 0.5) is 8.78 Å². The van der Waals surface area contributed by atoms with Crippen molar-refractivity contribution in [2.24, 2.45) is 5.73 Å². The van der Waals surface area contributed by atoms with Gasteiger partial charge in [-0.05, 0) is 37.5 Å². The summed E-state index contributed by atoms with van der Waals surface area (Å²) in [4.78, 5) is 0. The molecular formula is C15H23F2NO. The number of ether oxygens (including phenoxy) is 1. The Hall–Kier alpha value is -1.16. The number of halogens is 2. The predicted octanol–water partition coefficient (Wildman–Crippen LogP) is 4.16. The minimum Gasteiger partial charge on any atom is -0.485 e. The van der Waals surface area contributed by atoms with Crippen LogP contribution in [0, 0.1) is 11.6 Å². The normalized spacial score (nSPS) is 12.5. The molecule has 0 fully saturated rings. The van der Waals surface area contributed by atoms with Gasteiger partial charge in [0.1, 0.15) is 0 Å². The smallest absolute Gasteiger partial charge is 0.191 e. The van der Waals surface area contributed by atoms with Crippen molar-refractivity contribution in [3.05, 3.63) is 29.3 Å². The van der Waals surface area contributed by atoms with Gasteiger partial charge < -0.3 is 10.5 Å². The van der Waals surface area contributed by atoms with E-state index < -0.39 is 11.6 Å². The number of hydrogen-bond donors (Lipinski definition) is 1. The third-order valence-electron chi connectivity index (χ3n) is 3.08. The Morgan fingerprint density at radius 1 is 1.16 bits per heavy atom. The van der Waals surface area contributed by atoms with Gasteiger partial charge in [-0.3, -0.25) is 0 Å². The molecule has 0 heterocycles. The molecule has 1 unspecified atom stereocenters. The zero-order chi connectivity index (χ0) is 14.3. The molecule has 2 nitrogen and oxygen atoms in total. The summed E-state index contributed by atoms with van der Waals surface area (Å²) in [5, 5.41) is 0. The molecule has 108 valence electrons. The van der Waals surface area contributed by atoms with Crippen molar-refractivity contribution in [1.29, 1.82) is 0 Å². The summed E-state index contributed by atoms with van der Waals surface area (Å²) in [7, 11) is 0. The Morgan fingerprint density at radius 3 is 2.32 bits per heavy atom. The van der Waals surface area contributed by atoms with E-state index in [9.17, 15) is 8.78 Å². The number of rotatable bonds is 8. The average Bonchev–Trinajstić information content (AvgIpc) is 2.38. The minimum atomic E-state index is -0.680. The highest BCUT2D eigenvalue weighted by Gasteiger charge is 2.15. The highest BCUT2D eigenvalue weighted by Crippen LogP contribution is 2.25. The molecule has 0 aliphatic carbocycles. The molecular weight excluding hydrogens is 248 g/mol. The Kier molecular flexibility index (Phi) is 6.78. The first-order chi connectivity index (χ1) is 9.08. The van der Waals surface area contributed by atoms with Crippen LogP contribution in [0.2, 0.25) is 0 Å². The van der Waals surface area contributed by atoms with Crippen molar-refractivity contribution in [3.8, 4) is 5.75 Å². The van der Waals surface area contributed by atoms with Crippen molar-refractivity contribution in [3.63, 3.8) is 0 Å². The van der Waals surface area contributed by atoms with E-state index in [0.29, 0.717) is 5.56 Å². The maximum Gasteiger partial charge on any atom is 0.191 e. The molecule has 1 aromatic carbocycles. The van der Waals surface area contributed by atoms with Gasteiger partial charge in [0, 0.05) is 6.54 Å². The monoisotopic (exact) mass is 271 g/mol. The Morgan fingerprint density at radius 2 is 1.79 bits per heavy atom. The Labute approximate surface area is 114 Å². The van der Waals surface area contributed by atoms with Crippen LogP contribution >= 0.6 is 0 Å². The van der Waals surface area contributed by atoms with Crippen LogP contribution in [-0.2, 0) is 6.54 Å². The lowest BCUT2D eigenvalue weighted by Crippen LogP contribution is -2.14. The average molecular weight is 271 g/mol. The van der Waals surface area contributed by atoms with E-state index in [0.717, 1.165) is 19.3 Å². The number of benzene rings is 1. The van der Waals surface area contributed by atoms with Crippen LogP contribution < -0.4 is 10.5 Å². The van der Waals surface area contributed by atoms with Crippen LogP contribution in [0.1, 0.15) is 51.5 Å². The molecule has 1 rings (SSSR count). The molecule has 0 spiro atoms. The molecule has 1 atom stereocenters. The summed E-state index contributed by atoms with van der Waals surface area (Å²) < 4.78 is 32.7. The minimum absolute atomic E-state index is 0.112. The first-order valence-corrected chi connectivity index (χ1v) is 6.93. The van der Waals surface area contributed by atoms with E-state index in [1.807, 2.05) is 6.92 Å². The van der Waals surface area contributed by atoms with E-state index in [4.69, 9.17) is 10.5 Å². The summed E-state index contributed by atoms with van der Waals surface area (Å²) in [6.07, 6.45) is 5.10. The molecule has 1 aromatic rings. The lowest BCUT2D eigenvalue weighted by atomic mass is 10.1. The fraction of sp³-hybridized carbons (Fsp3) is 0.600. The molecule has 0 bridgehead atoms. The van der Waals surface area contributed by atoms with Gasteiger partial charge in [-0.25, -0.2) is 8.78 Å². The SMILES string of the molecule is CCCCCCC(C)Oc1c(F)cc(CN)cc1F. The third kappa shape index (κ3) is 5.15. The van der Waals surface area contributed by atoms with Gasteiger partial charge in [-0.15, -0.1) is 0 Å². The van der Waals surface area contributed by atoms with E-state index >= 15 is 0 Å². The van der Waals surface area contributed by atoms with E-state index in [2.05, 4.69) is 6.92 Å². The number of nitrogens with two attached hydrogens (primary N) is 1. The highest BCUT2D eigenvalue weighted by molar-refractivity contribution is 5.31. The molecule has 2 N–H and O–H groups in total. The second-order valence-corrected chi connectivity index (χ2v) is 4.87. The number of unbranched alkanes of at least 4 members (excludes halogenated alkanes) is 3. The molecule has 19 heavy (non-hydrogen) atoms. The molecule has 0 radical (unpaired) electrons. The first kappa shape index (κ1) is 15.9. The third-order valence-corrected chi connectivity index (χ3v) is 3.08. The van der Waals surface area contributed by atoms with Gasteiger partial charge in [0.25, 0.3) is 0 Å². The Balaban J connectivity index is 2.56. The maximum atomic E-state index is 13.7. The molecule has 0 saturated carbocycles. The number of hydrogen-bond acceptors (Lipinski definition) is 2. The molecule has 0 aliphatic heterocycles. The van der Waals surface area contributed by atoms with Gasteiger partial charge in [0.15, 0.2) is 17.4 Å². The van der Waals surface area contributed by atoms with Crippen LogP contribution in [0.15, 0.2) is 12.1 Å². The zero-order valence-electron chi connectivity index (χ0n) is 11.7. The van der Waals surface area contributed by atoms with Crippen molar-refractivity contribution in [1.82, 2.24) is 0 Å². The topological polar surface area (TPSA) is 35.2 Å². The van der Waals surface area contributed by atoms with Crippen molar-refractivity contribution < 1.29 is 13.5 Å². The first-order valence-electron chi connectivity index (χ1n) is 6.93. The van der Waals surface area contributed by atoms with Crippen LogP contribution in [0.25, 0.3) is 0 Å². The second-order valence-electron chi connectivity index (χ2n) is 4.87. The predicted molar refractivity (Wildman–Crippen MR) is 73.1 cm³/mol. The van der Waals surface area contributed by atoms with Crippen LogP contribution in [0.5, 0.6) is 5.75 Å². The summed E-state index contributed by atoms with van der Waals surface area (Å²) >= 11 is 0. The summed E-state index contributed by atoms with van der Waals surface area (Å²) in [6.45, 7) is 4.09. The van der Waals surface area contributed by atoms with Gasteiger partial charge in [0.05, 0.1) is 6.10 Å². The maximum absolute atomic E-state index is 13.7. The van der Waals surface area contributed by atoms with Crippen molar-refractivity contribution in [2.75, 3.05) is 0 Å². The summed E-state index contributed by atoms with van der Waals surface area (Å²) in [6, 6.07) is 2.45. The molecule has 0 saturated heterocycles.